The predicted molar refractivity (Wildman–Crippen MR) is 65.9 cm³/mol. The van der Waals surface area contributed by atoms with Crippen LogP contribution in [0.3, 0.4) is 0 Å². The minimum atomic E-state index is -3.61. The van der Waals surface area contributed by atoms with E-state index in [9.17, 15) is 8.42 Å². The summed E-state index contributed by atoms with van der Waals surface area (Å²) in [4.78, 5) is 3.99. The molecule has 0 radical (unpaired) electrons. The highest BCUT2D eigenvalue weighted by Crippen LogP contribution is 2.19. The summed E-state index contributed by atoms with van der Waals surface area (Å²) >= 11 is 0. The number of sulfonamides is 1. The number of nitrogens with zero attached hydrogens (tertiary/aromatic N) is 1. The van der Waals surface area contributed by atoms with E-state index in [1.165, 1.54) is 18.3 Å². The predicted octanol–water partition coefficient (Wildman–Crippen LogP) is 1.46. The fourth-order valence-corrected chi connectivity index (χ4v) is 2.40. The first-order valence-corrected chi connectivity index (χ1v) is 6.36. The molecular weight excluding hydrogens is 238 g/mol. The lowest BCUT2D eigenvalue weighted by atomic mass is 10.4. The van der Waals surface area contributed by atoms with Gasteiger partial charge in [-0.15, -0.1) is 0 Å². The molecule has 2 rings (SSSR count). The molecule has 1 aromatic heterocycles. The molecule has 0 saturated heterocycles. The van der Waals surface area contributed by atoms with Crippen LogP contribution in [-0.4, -0.2) is 13.4 Å². The SMILES string of the molecule is Nc1ncccc1NS(=O)(=O)c1ccccc1. The van der Waals surface area contributed by atoms with E-state index in [1.807, 2.05) is 0 Å². The Kier molecular flexibility index (Phi) is 2.97. The standard InChI is InChI=1S/C11H11N3O2S/c12-11-10(7-4-8-13-11)14-17(15,16)9-5-2-1-3-6-9/h1-8,14H,(H2,12,13). The monoisotopic (exact) mass is 249 g/mol. The quantitative estimate of drug-likeness (QED) is 0.862. The smallest absolute Gasteiger partial charge is 0.262 e. The van der Waals surface area contributed by atoms with Gasteiger partial charge in [0.2, 0.25) is 0 Å². The average Bonchev–Trinajstić information content (AvgIpc) is 2.33. The number of anilines is 2. The summed E-state index contributed by atoms with van der Waals surface area (Å²) < 4.78 is 26.3. The number of aromatic nitrogens is 1. The van der Waals surface area contributed by atoms with Gasteiger partial charge in [-0.2, -0.15) is 0 Å². The Labute approximate surface area is 99.4 Å². The second-order valence-corrected chi connectivity index (χ2v) is 5.04. The molecule has 0 aliphatic carbocycles. The zero-order valence-electron chi connectivity index (χ0n) is 8.87. The first kappa shape index (κ1) is 11.4. The second-order valence-electron chi connectivity index (χ2n) is 3.35. The van der Waals surface area contributed by atoms with Gasteiger partial charge in [0.25, 0.3) is 10.0 Å². The molecule has 2 aromatic rings. The van der Waals surface area contributed by atoms with Crippen molar-refractivity contribution in [2.45, 2.75) is 4.90 Å². The van der Waals surface area contributed by atoms with Crippen LogP contribution in [0, 0.1) is 0 Å². The van der Waals surface area contributed by atoms with Crippen molar-refractivity contribution in [1.29, 1.82) is 0 Å². The lowest BCUT2D eigenvalue weighted by Gasteiger charge is -2.08. The maximum absolute atomic E-state index is 12.0. The summed E-state index contributed by atoms with van der Waals surface area (Å²) in [6.07, 6.45) is 1.50. The Balaban J connectivity index is 2.34. The van der Waals surface area contributed by atoms with Crippen molar-refractivity contribution in [2.24, 2.45) is 0 Å². The summed E-state index contributed by atoms with van der Waals surface area (Å²) in [5.41, 5.74) is 5.84. The molecule has 0 saturated carbocycles. The van der Waals surface area contributed by atoms with Gasteiger partial charge >= 0.3 is 0 Å². The minimum Gasteiger partial charge on any atom is -0.382 e. The Hall–Kier alpha value is -2.08. The van der Waals surface area contributed by atoms with Crippen LogP contribution >= 0.6 is 0 Å². The van der Waals surface area contributed by atoms with Crippen LogP contribution in [0.15, 0.2) is 53.6 Å². The number of rotatable bonds is 3. The lowest BCUT2D eigenvalue weighted by Crippen LogP contribution is -2.14. The molecule has 17 heavy (non-hydrogen) atoms. The van der Waals surface area contributed by atoms with Gasteiger partial charge in [0.05, 0.1) is 10.6 Å². The maximum Gasteiger partial charge on any atom is 0.262 e. The van der Waals surface area contributed by atoms with Crippen LogP contribution < -0.4 is 10.5 Å². The Morgan fingerprint density at radius 3 is 2.41 bits per heavy atom. The molecule has 3 N–H and O–H groups in total. The Morgan fingerprint density at radius 1 is 1.06 bits per heavy atom. The zero-order chi connectivity index (χ0) is 12.3. The number of hydrogen-bond acceptors (Lipinski definition) is 4. The van der Waals surface area contributed by atoms with E-state index < -0.39 is 10.0 Å². The van der Waals surface area contributed by atoms with E-state index in [1.54, 1.807) is 30.3 Å². The molecule has 0 amide bonds. The molecule has 1 heterocycles. The second kappa shape index (κ2) is 4.42. The van der Waals surface area contributed by atoms with Crippen LogP contribution in [-0.2, 0) is 10.0 Å². The lowest BCUT2D eigenvalue weighted by molar-refractivity contribution is 0.601. The maximum atomic E-state index is 12.0. The van der Waals surface area contributed by atoms with Crippen molar-refractivity contribution < 1.29 is 8.42 Å². The highest BCUT2D eigenvalue weighted by Gasteiger charge is 2.14. The van der Waals surface area contributed by atoms with Gasteiger partial charge in [-0.25, -0.2) is 13.4 Å². The average molecular weight is 249 g/mol. The summed E-state index contributed by atoms with van der Waals surface area (Å²) in [5, 5.41) is 0. The third-order valence-electron chi connectivity index (χ3n) is 2.14. The Morgan fingerprint density at radius 2 is 1.76 bits per heavy atom. The van der Waals surface area contributed by atoms with Crippen molar-refractivity contribution in [1.82, 2.24) is 4.98 Å². The number of nitrogens with one attached hydrogen (secondary N) is 1. The first-order chi connectivity index (χ1) is 8.09. The topological polar surface area (TPSA) is 85.1 Å². The van der Waals surface area contributed by atoms with Crippen molar-refractivity contribution in [2.75, 3.05) is 10.5 Å². The number of hydrogen-bond donors (Lipinski definition) is 2. The third kappa shape index (κ3) is 2.54. The normalized spacial score (nSPS) is 11.1. The molecule has 6 heteroatoms. The van der Waals surface area contributed by atoms with Crippen LogP contribution in [0.4, 0.5) is 11.5 Å². The number of nitrogen functional groups attached to an aromatic ring is 1. The zero-order valence-corrected chi connectivity index (χ0v) is 9.68. The van der Waals surface area contributed by atoms with Gasteiger partial charge in [0.15, 0.2) is 0 Å². The highest BCUT2D eigenvalue weighted by atomic mass is 32.2. The molecule has 88 valence electrons. The largest absolute Gasteiger partial charge is 0.382 e. The van der Waals surface area contributed by atoms with E-state index in [0.717, 1.165) is 0 Å². The van der Waals surface area contributed by atoms with Gasteiger partial charge in [-0.05, 0) is 24.3 Å². The van der Waals surface area contributed by atoms with Crippen molar-refractivity contribution in [3.63, 3.8) is 0 Å². The highest BCUT2D eigenvalue weighted by molar-refractivity contribution is 7.92. The molecule has 0 atom stereocenters. The summed E-state index contributed by atoms with van der Waals surface area (Å²) in [6, 6.07) is 11.2. The van der Waals surface area contributed by atoms with Crippen LogP contribution in [0.5, 0.6) is 0 Å². The van der Waals surface area contributed by atoms with E-state index in [2.05, 4.69) is 9.71 Å². The van der Waals surface area contributed by atoms with Gasteiger partial charge in [-0.1, -0.05) is 18.2 Å². The van der Waals surface area contributed by atoms with Crippen molar-refractivity contribution >= 4 is 21.5 Å². The number of pyridine rings is 1. The molecule has 0 spiro atoms. The molecule has 0 aliphatic heterocycles. The first-order valence-electron chi connectivity index (χ1n) is 4.88. The fourth-order valence-electron chi connectivity index (χ4n) is 1.31. The fraction of sp³-hybridized carbons (Fsp3) is 0. The Bertz CT molecular complexity index is 612. The van der Waals surface area contributed by atoms with Crippen LogP contribution in [0.2, 0.25) is 0 Å². The van der Waals surface area contributed by atoms with Gasteiger partial charge < -0.3 is 5.73 Å². The summed E-state index contributed by atoms with van der Waals surface area (Å²) in [5.74, 6) is 0.145. The van der Waals surface area contributed by atoms with Crippen LogP contribution in [0.1, 0.15) is 0 Å². The van der Waals surface area contributed by atoms with Gasteiger partial charge in [-0.3, -0.25) is 4.72 Å². The molecule has 0 aliphatic rings. The molecule has 0 fully saturated rings. The molecule has 1 aromatic carbocycles. The van der Waals surface area contributed by atoms with E-state index in [-0.39, 0.29) is 16.4 Å². The van der Waals surface area contributed by atoms with E-state index in [4.69, 9.17) is 5.73 Å². The molecular formula is C11H11N3O2S. The third-order valence-corrected chi connectivity index (χ3v) is 3.52. The molecule has 0 bridgehead atoms. The summed E-state index contributed by atoms with van der Waals surface area (Å²) in [6.45, 7) is 0. The summed E-state index contributed by atoms with van der Waals surface area (Å²) in [7, 11) is -3.61. The van der Waals surface area contributed by atoms with Crippen LogP contribution in [0.25, 0.3) is 0 Å². The molecule has 5 nitrogen and oxygen atoms in total. The van der Waals surface area contributed by atoms with Crippen molar-refractivity contribution in [3.05, 3.63) is 48.7 Å². The van der Waals surface area contributed by atoms with Gasteiger partial charge in [0.1, 0.15) is 5.82 Å². The number of benzene rings is 1. The molecule has 0 unspecified atom stereocenters. The number of nitrogens with two attached hydrogens (primary N) is 1. The van der Waals surface area contributed by atoms with E-state index >= 15 is 0 Å². The van der Waals surface area contributed by atoms with E-state index in [0.29, 0.717) is 0 Å². The van der Waals surface area contributed by atoms with Gasteiger partial charge in [0, 0.05) is 6.20 Å². The minimum absolute atomic E-state index is 0.145. The van der Waals surface area contributed by atoms with Crippen molar-refractivity contribution in [3.8, 4) is 0 Å².